The van der Waals surface area contributed by atoms with Crippen LogP contribution in [0.4, 0.5) is 0 Å². The lowest BCUT2D eigenvalue weighted by atomic mass is 10.0. The normalized spacial score (nSPS) is 13.6. The Morgan fingerprint density at radius 2 is 0.784 bits per heavy atom. The molecule has 0 fully saturated rings. The number of aliphatic hydroxyl groups is 3. The Labute approximate surface area is 319 Å². The maximum atomic E-state index is 12.4. The molecule has 5 nitrogen and oxygen atoms in total. The zero-order valence-corrected chi connectivity index (χ0v) is 34.5. The first-order valence-corrected chi connectivity index (χ1v) is 23.0. The van der Waals surface area contributed by atoms with Gasteiger partial charge in [-0.05, 0) is 38.5 Å². The molecule has 304 valence electrons. The number of unbranched alkanes of at least 4 members (excludes halogenated alkanes) is 32. The molecule has 1 amide bonds. The summed E-state index contributed by atoms with van der Waals surface area (Å²) in [5.74, 6) is -0.150. The summed E-state index contributed by atoms with van der Waals surface area (Å²) in [6.07, 6.45) is 49.0. The Balaban J connectivity index is 3.61. The monoisotopic (exact) mass is 722 g/mol. The van der Waals surface area contributed by atoms with Crippen LogP contribution in [-0.2, 0) is 4.79 Å². The molecule has 0 heterocycles. The number of carbonyl (C=O) groups is 1. The van der Waals surface area contributed by atoms with Crippen molar-refractivity contribution in [3.63, 3.8) is 0 Å². The van der Waals surface area contributed by atoms with Crippen molar-refractivity contribution in [1.29, 1.82) is 0 Å². The minimum atomic E-state index is -1.15. The fourth-order valence-electron chi connectivity index (χ4n) is 7.28. The summed E-state index contributed by atoms with van der Waals surface area (Å²) in [5, 5.41) is 33.5. The molecule has 0 aliphatic carbocycles. The summed E-state index contributed by atoms with van der Waals surface area (Å²) in [5.41, 5.74) is 0. The quantitative estimate of drug-likeness (QED) is 0.0373. The fourth-order valence-corrected chi connectivity index (χ4v) is 7.28. The van der Waals surface area contributed by atoms with Crippen LogP contribution in [0.5, 0.6) is 0 Å². The summed E-state index contributed by atoms with van der Waals surface area (Å²) in [4.78, 5) is 12.4. The molecule has 0 rings (SSSR count). The molecule has 51 heavy (non-hydrogen) atoms. The lowest BCUT2D eigenvalue weighted by Gasteiger charge is -2.26. The number of nitrogens with one attached hydrogen (secondary N) is 1. The van der Waals surface area contributed by atoms with Crippen LogP contribution in [0.15, 0.2) is 12.2 Å². The average Bonchev–Trinajstić information content (AvgIpc) is 3.13. The molecule has 0 aromatic carbocycles. The third kappa shape index (κ3) is 37.2. The van der Waals surface area contributed by atoms with Crippen LogP contribution in [0.1, 0.15) is 251 Å². The molecule has 3 atom stereocenters. The standard InChI is InChI=1S/C46H91NO4/c1-3-5-7-9-11-13-15-17-19-21-22-23-25-27-29-31-33-35-37-39-41-45(50)47-43(42-48)46(51)44(49)40-38-36-34-32-30-28-26-24-20-18-16-14-12-10-8-6-4-2/h32,34,43-44,46,48-49,51H,3-31,33,35-42H2,1-2H3,(H,47,50)/b34-32+. The van der Waals surface area contributed by atoms with Crippen molar-refractivity contribution < 1.29 is 20.1 Å². The van der Waals surface area contributed by atoms with E-state index < -0.39 is 18.2 Å². The average molecular weight is 722 g/mol. The van der Waals surface area contributed by atoms with Crippen molar-refractivity contribution in [2.75, 3.05) is 6.61 Å². The summed E-state index contributed by atoms with van der Waals surface area (Å²) < 4.78 is 0. The predicted molar refractivity (Wildman–Crippen MR) is 222 cm³/mol. The smallest absolute Gasteiger partial charge is 0.220 e. The topological polar surface area (TPSA) is 89.8 Å². The lowest BCUT2D eigenvalue weighted by molar-refractivity contribution is -0.124. The van der Waals surface area contributed by atoms with Crippen molar-refractivity contribution in [3.05, 3.63) is 12.2 Å². The van der Waals surface area contributed by atoms with E-state index in [-0.39, 0.29) is 12.5 Å². The third-order valence-corrected chi connectivity index (χ3v) is 10.9. The summed E-state index contributed by atoms with van der Waals surface area (Å²) in [6, 6.07) is -0.820. The molecule has 0 bridgehead atoms. The van der Waals surface area contributed by atoms with Crippen molar-refractivity contribution in [3.8, 4) is 0 Å². The second-order valence-corrected chi connectivity index (χ2v) is 16.0. The number of hydrogen-bond acceptors (Lipinski definition) is 4. The SMILES string of the molecule is CCCCCCCCCCCCCC/C=C/CCCC(O)C(O)C(CO)NC(=O)CCCCCCCCCCCCCCCCCCCCCC. The highest BCUT2D eigenvalue weighted by atomic mass is 16.3. The molecular weight excluding hydrogens is 631 g/mol. The van der Waals surface area contributed by atoms with E-state index in [0.717, 1.165) is 38.5 Å². The third-order valence-electron chi connectivity index (χ3n) is 10.9. The van der Waals surface area contributed by atoms with E-state index in [2.05, 4.69) is 31.3 Å². The first-order valence-electron chi connectivity index (χ1n) is 23.0. The molecule has 0 spiro atoms. The minimum absolute atomic E-state index is 0.150. The van der Waals surface area contributed by atoms with Crippen molar-refractivity contribution >= 4 is 5.91 Å². The fraction of sp³-hybridized carbons (Fsp3) is 0.935. The lowest BCUT2D eigenvalue weighted by Crippen LogP contribution is -2.50. The van der Waals surface area contributed by atoms with Crippen LogP contribution >= 0.6 is 0 Å². The van der Waals surface area contributed by atoms with Crippen LogP contribution in [0, 0.1) is 0 Å². The Kier molecular flexibility index (Phi) is 41.1. The molecular formula is C46H91NO4. The van der Waals surface area contributed by atoms with Crippen LogP contribution < -0.4 is 5.32 Å². The first-order chi connectivity index (χ1) is 25.1. The van der Waals surface area contributed by atoms with Crippen molar-refractivity contribution in [2.24, 2.45) is 0 Å². The van der Waals surface area contributed by atoms with Gasteiger partial charge in [-0.1, -0.05) is 219 Å². The molecule has 4 N–H and O–H groups in total. The van der Waals surface area contributed by atoms with Crippen LogP contribution in [0.3, 0.4) is 0 Å². The van der Waals surface area contributed by atoms with Gasteiger partial charge < -0.3 is 20.6 Å². The van der Waals surface area contributed by atoms with Gasteiger partial charge in [0.2, 0.25) is 5.91 Å². The highest BCUT2D eigenvalue weighted by Crippen LogP contribution is 2.16. The van der Waals surface area contributed by atoms with Crippen molar-refractivity contribution in [2.45, 2.75) is 270 Å². The van der Waals surface area contributed by atoms with E-state index in [1.807, 2.05) is 0 Å². The van der Waals surface area contributed by atoms with Crippen LogP contribution in [0.25, 0.3) is 0 Å². The van der Waals surface area contributed by atoms with Gasteiger partial charge in [0.05, 0.1) is 18.8 Å². The van der Waals surface area contributed by atoms with Gasteiger partial charge >= 0.3 is 0 Å². The van der Waals surface area contributed by atoms with Gasteiger partial charge in [-0.2, -0.15) is 0 Å². The highest BCUT2D eigenvalue weighted by Gasteiger charge is 2.26. The predicted octanol–water partition coefficient (Wildman–Crippen LogP) is 13.2. The molecule has 0 aromatic rings. The zero-order chi connectivity index (χ0) is 37.3. The van der Waals surface area contributed by atoms with Gasteiger partial charge in [-0.15, -0.1) is 0 Å². The highest BCUT2D eigenvalue weighted by molar-refractivity contribution is 5.76. The van der Waals surface area contributed by atoms with Gasteiger partial charge in [0.15, 0.2) is 0 Å². The van der Waals surface area contributed by atoms with Gasteiger partial charge in [0.25, 0.3) is 0 Å². The number of amides is 1. The molecule has 0 aromatic heterocycles. The van der Waals surface area contributed by atoms with Crippen LogP contribution in [0.2, 0.25) is 0 Å². The molecule has 0 saturated carbocycles. The Morgan fingerprint density at radius 3 is 1.14 bits per heavy atom. The summed E-state index contributed by atoms with van der Waals surface area (Å²) in [6.45, 7) is 4.19. The Hall–Kier alpha value is -0.910. The Morgan fingerprint density at radius 1 is 0.471 bits per heavy atom. The number of hydrogen-bond donors (Lipinski definition) is 4. The van der Waals surface area contributed by atoms with E-state index in [4.69, 9.17) is 0 Å². The van der Waals surface area contributed by atoms with E-state index in [1.165, 1.54) is 186 Å². The number of carbonyl (C=O) groups excluding carboxylic acids is 1. The number of allylic oxidation sites excluding steroid dienone is 2. The van der Waals surface area contributed by atoms with Gasteiger partial charge in [-0.3, -0.25) is 4.79 Å². The van der Waals surface area contributed by atoms with Gasteiger partial charge in [-0.25, -0.2) is 0 Å². The summed E-state index contributed by atoms with van der Waals surface area (Å²) >= 11 is 0. The first kappa shape index (κ1) is 50.1. The molecule has 0 radical (unpaired) electrons. The van der Waals surface area contributed by atoms with E-state index in [1.54, 1.807) is 0 Å². The van der Waals surface area contributed by atoms with Gasteiger partial charge in [0, 0.05) is 6.42 Å². The van der Waals surface area contributed by atoms with Crippen LogP contribution in [-0.4, -0.2) is 46.1 Å². The largest absolute Gasteiger partial charge is 0.394 e. The maximum Gasteiger partial charge on any atom is 0.220 e. The molecule has 0 saturated heterocycles. The Bertz CT molecular complexity index is 713. The van der Waals surface area contributed by atoms with E-state index >= 15 is 0 Å². The maximum absolute atomic E-state index is 12.4. The second-order valence-electron chi connectivity index (χ2n) is 16.0. The zero-order valence-electron chi connectivity index (χ0n) is 34.5. The molecule has 0 aliphatic heterocycles. The summed E-state index contributed by atoms with van der Waals surface area (Å²) in [7, 11) is 0. The van der Waals surface area contributed by atoms with E-state index in [0.29, 0.717) is 12.8 Å². The minimum Gasteiger partial charge on any atom is -0.394 e. The second kappa shape index (κ2) is 41.8. The number of aliphatic hydroxyl groups excluding tert-OH is 3. The number of rotatable bonds is 42. The molecule has 0 aliphatic rings. The molecule has 5 heteroatoms. The van der Waals surface area contributed by atoms with Crippen molar-refractivity contribution in [1.82, 2.24) is 5.32 Å². The van der Waals surface area contributed by atoms with Gasteiger partial charge in [0.1, 0.15) is 6.10 Å². The van der Waals surface area contributed by atoms with E-state index in [9.17, 15) is 20.1 Å². The molecule has 3 unspecified atom stereocenters.